The number of aryl methyl sites for hydroxylation is 1. The molecule has 0 amide bonds. The van der Waals surface area contributed by atoms with Gasteiger partial charge in [-0.15, -0.1) is 12.4 Å². The maximum atomic E-state index is 10.2. The van der Waals surface area contributed by atoms with Crippen LogP contribution in [0, 0.1) is 0 Å². The molecule has 2 rings (SSSR count). The van der Waals surface area contributed by atoms with Gasteiger partial charge in [-0.1, -0.05) is 68.4 Å². The summed E-state index contributed by atoms with van der Waals surface area (Å²) in [5.41, 5.74) is 3.74. The Morgan fingerprint density at radius 1 is 0.962 bits per heavy atom. The molecule has 3 unspecified atom stereocenters. The lowest BCUT2D eigenvalue weighted by atomic mass is 10.0. The zero-order valence-electron chi connectivity index (χ0n) is 16.0. The van der Waals surface area contributed by atoms with E-state index in [-0.39, 0.29) is 24.6 Å². The zero-order chi connectivity index (χ0) is 18.1. The molecular formula is C22H32ClNO2. The standard InChI is InChI=1S/C22H31NO2.ClH/c1-4-18-11-13-19(14-12-18)17(3)23-15-21(24)16-25-22(5-2)20-9-7-6-8-10-20;/h6-14,17,21-24H,4-5,15-16H2,1-3H3;1H. The molecule has 0 fully saturated rings. The second-order valence-electron chi connectivity index (χ2n) is 6.52. The molecule has 0 radical (unpaired) electrons. The summed E-state index contributed by atoms with van der Waals surface area (Å²) in [5, 5.41) is 13.6. The van der Waals surface area contributed by atoms with E-state index in [4.69, 9.17) is 4.74 Å². The van der Waals surface area contributed by atoms with Crippen LogP contribution in [0.4, 0.5) is 0 Å². The summed E-state index contributed by atoms with van der Waals surface area (Å²) in [6, 6.07) is 19.0. The Morgan fingerprint density at radius 3 is 2.19 bits per heavy atom. The molecule has 0 heterocycles. The molecule has 26 heavy (non-hydrogen) atoms. The SMILES string of the molecule is CCc1ccc(C(C)NCC(O)COC(CC)c2ccccc2)cc1.Cl. The number of rotatable bonds is 10. The molecule has 0 aliphatic heterocycles. The number of aliphatic hydroxyl groups excluding tert-OH is 1. The molecule has 144 valence electrons. The van der Waals surface area contributed by atoms with Gasteiger partial charge in [0, 0.05) is 12.6 Å². The van der Waals surface area contributed by atoms with E-state index in [2.05, 4.69) is 62.5 Å². The van der Waals surface area contributed by atoms with Crippen molar-refractivity contribution in [2.45, 2.75) is 51.9 Å². The molecule has 0 aromatic heterocycles. The second-order valence-corrected chi connectivity index (χ2v) is 6.52. The first-order chi connectivity index (χ1) is 12.1. The van der Waals surface area contributed by atoms with Crippen LogP contribution in [0.3, 0.4) is 0 Å². The molecule has 3 nitrogen and oxygen atoms in total. The zero-order valence-corrected chi connectivity index (χ0v) is 16.8. The minimum Gasteiger partial charge on any atom is -0.389 e. The normalized spacial score (nSPS) is 14.3. The number of hydrogen-bond acceptors (Lipinski definition) is 3. The van der Waals surface area contributed by atoms with Crippen molar-refractivity contribution in [2.24, 2.45) is 0 Å². The smallest absolute Gasteiger partial charge is 0.0898 e. The number of halogens is 1. The Labute approximate surface area is 164 Å². The summed E-state index contributed by atoms with van der Waals surface area (Å²) in [4.78, 5) is 0. The van der Waals surface area contributed by atoms with Gasteiger partial charge in [0.2, 0.25) is 0 Å². The highest BCUT2D eigenvalue weighted by Crippen LogP contribution is 2.20. The lowest BCUT2D eigenvalue weighted by molar-refractivity contribution is -0.0120. The van der Waals surface area contributed by atoms with Crippen LogP contribution in [0.25, 0.3) is 0 Å². The minimum atomic E-state index is -0.518. The van der Waals surface area contributed by atoms with Crippen molar-refractivity contribution in [3.63, 3.8) is 0 Å². The predicted octanol–water partition coefficient (Wildman–Crippen LogP) is 4.85. The minimum absolute atomic E-state index is 0. The summed E-state index contributed by atoms with van der Waals surface area (Å²) in [5.74, 6) is 0. The van der Waals surface area contributed by atoms with Crippen LogP contribution in [0.5, 0.6) is 0 Å². The van der Waals surface area contributed by atoms with Crippen molar-refractivity contribution in [3.8, 4) is 0 Å². The maximum Gasteiger partial charge on any atom is 0.0898 e. The van der Waals surface area contributed by atoms with E-state index < -0.39 is 6.10 Å². The van der Waals surface area contributed by atoms with E-state index in [1.807, 2.05) is 18.2 Å². The van der Waals surface area contributed by atoms with Gasteiger partial charge in [-0.05, 0) is 36.5 Å². The van der Waals surface area contributed by atoms with Crippen LogP contribution in [0.1, 0.15) is 56.0 Å². The van der Waals surface area contributed by atoms with Crippen LogP contribution in [-0.4, -0.2) is 24.4 Å². The number of ether oxygens (including phenoxy) is 1. The third kappa shape index (κ3) is 7.08. The third-order valence-electron chi connectivity index (χ3n) is 4.58. The Hall–Kier alpha value is -1.39. The Bertz CT molecular complexity index is 603. The first-order valence-corrected chi connectivity index (χ1v) is 9.30. The van der Waals surface area contributed by atoms with Crippen molar-refractivity contribution in [1.29, 1.82) is 0 Å². The van der Waals surface area contributed by atoms with Crippen LogP contribution in [-0.2, 0) is 11.2 Å². The Kier molecular flexibility index (Phi) is 10.5. The molecule has 0 aliphatic rings. The van der Waals surface area contributed by atoms with Gasteiger partial charge in [-0.25, -0.2) is 0 Å². The van der Waals surface area contributed by atoms with Crippen LogP contribution < -0.4 is 5.32 Å². The average molecular weight is 378 g/mol. The Balaban J connectivity index is 0.00000338. The topological polar surface area (TPSA) is 41.5 Å². The molecule has 2 aromatic carbocycles. The number of hydrogen-bond donors (Lipinski definition) is 2. The van der Waals surface area contributed by atoms with E-state index in [9.17, 15) is 5.11 Å². The molecule has 0 saturated carbocycles. The lowest BCUT2D eigenvalue weighted by Gasteiger charge is -2.21. The highest BCUT2D eigenvalue weighted by molar-refractivity contribution is 5.85. The summed E-state index contributed by atoms with van der Waals surface area (Å²) < 4.78 is 5.92. The first kappa shape index (κ1) is 22.7. The number of nitrogens with one attached hydrogen (secondary N) is 1. The highest BCUT2D eigenvalue weighted by Gasteiger charge is 2.13. The highest BCUT2D eigenvalue weighted by atomic mass is 35.5. The van der Waals surface area contributed by atoms with E-state index in [1.165, 1.54) is 11.1 Å². The summed E-state index contributed by atoms with van der Waals surface area (Å²) in [6.45, 7) is 7.23. The van der Waals surface area contributed by atoms with Crippen molar-refractivity contribution in [1.82, 2.24) is 5.32 Å². The first-order valence-electron chi connectivity index (χ1n) is 9.30. The van der Waals surface area contributed by atoms with Gasteiger partial charge in [0.1, 0.15) is 0 Å². The average Bonchev–Trinajstić information content (AvgIpc) is 2.67. The fourth-order valence-corrected chi connectivity index (χ4v) is 2.88. The molecule has 0 spiro atoms. The number of aliphatic hydroxyl groups is 1. The van der Waals surface area contributed by atoms with Gasteiger partial charge in [0.15, 0.2) is 0 Å². The van der Waals surface area contributed by atoms with Crippen molar-refractivity contribution >= 4 is 12.4 Å². The van der Waals surface area contributed by atoms with Crippen molar-refractivity contribution in [3.05, 3.63) is 71.3 Å². The number of benzene rings is 2. The predicted molar refractivity (Wildman–Crippen MR) is 111 cm³/mol. The summed E-state index contributed by atoms with van der Waals surface area (Å²) >= 11 is 0. The van der Waals surface area contributed by atoms with Gasteiger partial charge in [0.25, 0.3) is 0 Å². The fourth-order valence-electron chi connectivity index (χ4n) is 2.88. The van der Waals surface area contributed by atoms with Crippen molar-refractivity contribution < 1.29 is 9.84 Å². The monoisotopic (exact) mass is 377 g/mol. The molecule has 0 saturated heterocycles. The van der Waals surface area contributed by atoms with Gasteiger partial charge in [0.05, 0.1) is 18.8 Å². The van der Waals surface area contributed by atoms with Gasteiger partial charge >= 0.3 is 0 Å². The molecule has 2 N–H and O–H groups in total. The quantitative estimate of drug-likeness (QED) is 0.621. The molecular weight excluding hydrogens is 346 g/mol. The Morgan fingerprint density at radius 2 is 1.62 bits per heavy atom. The van der Waals surface area contributed by atoms with Crippen LogP contribution in [0.15, 0.2) is 54.6 Å². The van der Waals surface area contributed by atoms with E-state index in [0.717, 1.165) is 18.4 Å². The summed E-state index contributed by atoms with van der Waals surface area (Å²) in [6.07, 6.45) is 1.47. The van der Waals surface area contributed by atoms with Gasteiger partial charge in [-0.2, -0.15) is 0 Å². The van der Waals surface area contributed by atoms with Gasteiger partial charge < -0.3 is 15.2 Å². The largest absolute Gasteiger partial charge is 0.389 e. The molecule has 0 bridgehead atoms. The molecule has 0 aliphatic carbocycles. The van der Waals surface area contributed by atoms with Crippen molar-refractivity contribution in [2.75, 3.05) is 13.2 Å². The van der Waals surface area contributed by atoms with E-state index in [1.54, 1.807) is 0 Å². The summed E-state index contributed by atoms with van der Waals surface area (Å²) in [7, 11) is 0. The molecule has 2 aromatic rings. The fraction of sp³-hybridized carbons (Fsp3) is 0.455. The van der Waals surface area contributed by atoms with Gasteiger partial charge in [-0.3, -0.25) is 0 Å². The van der Waals surface area contributed by atoms with E-state index in [0.29, 0.717) is 13.2 Å². The second kappa shape index (κ2) is 12.1. The molecule has 3 atom stereocenters. The lowest BCUT2D eigenvalue weighted by Crippen LogP contribution is -2.32. The maximum absolute atomic E-state index is 10.2. The third-order valence-corrected chi connectivity index (χ3v) is 4.58. The molecule has 4 heteroatoms. The van der Waals surface area contributed by atoms with E-state index >= 15 is 0 Å². The van der Waals surface area contributed by atoms with Crippen LogP contribution in [0.2, 0.25) is 0 Å². The van der Waals surface area contributed by atoms with Crippen LogP contribution >= 0.6 is 12.4 Å².